The fourth-order valence-electron chi connectivity index (χ4n) is 1.37. The number of rotatable bonds is 11. The Labute approximate surface area is 122 Å². The lowest BCUT2D eigenvalue weighted by atomic mass is 10.5. The van der Waals surface area contributed by atoms with Crippen LogP contribution in [-0.4, -0.2) is 32.6 Å². The van der Waals surface area contributed by atoms with Crippen LogP contribution >= 0.6 is 23.2 Å². The van der Waals surface area contributed by atoms with Crippen LogP contribution in [0, 0.1) is 0 Å². The first kappa shape index (κ1) is 18.7. The molecule has 0 aliphatic rings. The molecule has 0 aliphatic carbocycles. The van der Waals surface area contributed by atoms with Crippen molar-refractivity contribution in [2.24, 2.45) is 0 Å². The Balaban J connectivity index is 4.97. The molecule has 0 bridgehead atoms. The van der Waals surface area contributed by atoms with Crippen molar-refractivity contribution in [3.8, 4) is 0 Å². The molecular formula is C12H26Cl2O3Si. The molecule has 0 rings (SSSR count). The molecule has 0 saturated carbocycles. The summed E-state index contributed by atoms with van der Waals surface area (Å²) in [5.41, 5.74) is 0. The Hall–Kier alpha value is 0.677. The van der Waals surface area contributed by atoms with E-state index >= 15 is 0 Å². The van der Waals surface area contributed by atoms with Gasteiger partial charge in [0, 0.05) is 19.8 Å². The van der Waals surface area contributed by atoms with Crippen LogP contribution in [-0.2, 0) is 13.3 Å². The SMILES string of the molecule is CCCO[Si](OCCC)(OCCC)C(Cl)(Cl)CC. The van der Waals surface area contributed by atoms with E-state index in [0.29, 0.717) is 26.2 Å². The largest absolute Gasteiger partial charge is 0.538 e. The van der Waals surface area contributed by atoms with Gasteiger partial charge in [-0.25, -0.2) is 0 Å². The van der Waals surface area contributed by atoms with Crippen LogP contribution in [0.5, 0.6) is 0 Å². The second-order valence-corrected chi connectivity index (χ2v) is 9.11. The number of hydrogen-bond donors (Lipinski definition) is 0. The van der Waals surface area contributed by atoms with Crippen LogP contribution in [0.15, 0.2) is 0 Å². The van der Waals surface area contributed by atoms with E-state index in [1.54, 1.807) is 0 Å². The zero-order valence-corrected chi connectivity index (χ0v) is 14.4. The first-order chi connectivity index (χ1) is 8.49. The molecule has 3 nitrogen and oxygen atoms in total. The Kier molecular flexibility index (Phi) is 9.92. The summed E-state index contributed by atoms with van der Waals surface area (Å²) in [5, 5.41) is 0. The minimum Gasteiger partial charge on any atom is -0.372 e. The topological polar surface area (TPSA) is 27.7 Å². The van der Waals surface area contributed by atoms with E-state index < -0.39 is 12.8 Å². The highest BCUT2D eigenvalue weighted by Crippen LogP contribution is 2.38. The zero-order chi connectivity index (χ0) is 14.1. The predicted octanol–water partition coefficient (Wildman–Crippen LogP) is 4.33. The summed E-state index contributed by atoms with van der Waals surface area (Å²) in [6, 6.07) is 0. The third kappa shape index (κ3) is 5.35. The van der Waals surface area contributed by atoms with Crippen LogP contribution in [0.2, 0.25) is 0 Å². The quantitative estimate of drug-likeness (QED) is 0.419. The fourth-order valence-corrected chi connectivity index (χ4v) is 5.08. The summed E-state index contributed by atoms with van der Waals surface area (Å²) in [7, 11) is -3.06. The second-order valence-electron chi connectivity index (χ2n) is 4.16. The van der Waals surface area contributed by atoms with E-state index in [1.807, 2.05) is 27.7 Å². The van der Waals surface area contributed by atoms with Crippen molar-refractivity contribution in [3.63, 3.8) is 0 Å². The Morgan fingerprint density at radius 1 is 0.778 bits per heavy atom. The Morgan fingerprint density at radius 2 is 1.11 bits per heavy atom. The van der Waals surface area contributed by atoms with Crippen molar-refractivity contribution in [1.82, 2.24) is 0 Å². The van der Waals surface area contributed by atoms with Gasteiger partial charge in [-0.3, -0.25) is 0 Å². The highest BCUT2D eigenvalue weighted by Gasteiger charge is 2.59. The van der Waals surface area contributed by atoms with Crippen LogP contribution in [0.25, 0.3) is 0 Å². The van der Waals surface area contributed by atoms with E-state index in [2.05, 4.69) is 0 Å². The lowest BCUT2D eigenvalue weighted by Gasteiger charge is -2.37. The maximum absolute atomic E-state index is 6.40. The van der Waals surface area contributed by atoms with Gasteiger partial charge in [-0.15, -0.1) is 0 Å². The first-order valence-corrected chi connectivity index (χ1v) is 9.27. The lowest BCUT2D eigenvalue weighted by Crippen LogP contribution is -2.60. The van der Waals surface area contributed by atoms with Crippen molar-refractivity contribution >= 4 is 32.0 Å². The van der Waals surface area contributed by atoms with E-state index in [4.69, 9.17) is 36.5 Å². The highest BCUT2D eigenvalue weighted by molar-refractivity contribution is 6.85. The molecule has 0 heterocycles. The van der Waals surface area contributed by atoms with Gasteiger partial charge < -0.3 is 13.3 Å². The van der Waals surface area contributed by atoms with Gasteiger partial charge in [0.15, 0.2) is 3.96 Å². The van der Waals surface area contributed by atoms with Crippen LogP contribution in [0.4, 0.5) is 0 Å². The van der Waals surface area contributed by atoms with Gasteiger partial charge in [-0.05, 0) is 25.7 Å². The first-order valence-electron chi connectivity index (χ1n) is 6.79. The van der Waals surface area contributed by atoms with Crippen molar-refractivity contribution in [1.29, 1.82) is 0 Å². The van der Waals surface area contributed by atoms with Gasteiger partial charge in [0.25, 0.3) is 0 Å². The number of halogens is 2. The molecular weight excluding hydrogens is 291 g/mol. The normalized spacial score (nSPS) is 13.0. The second kappa shape index (κ2) is 9.56. The zero-order valence-electron chi connectivity index (χ0n) is 11.9. The van der Waals surface area contributed by atoms with E-state index in [-0.39, 0.29) is 0 Å². The minimum atomic E-state index is -3.06. The molecule has 0 amide bonds. The Bertz CT molecular complexity index is 194. The van der Waals surface area contributed by atoms with E-state index in [0.717, 1.165) is 19.3 Å². The average Bonchev–Trinajstić information content (AvgIpc) is 2.38. The number of hydrogen-bond acceptors (Lipinski definition) is 3. The minimum absolute atomic E-state index is 0.541. The standard InChI is InChI=1S/C12H26Cl2O3Si/c1-5-9-15-18(16-10-6-2,17-11-7-3)12(13,14)8-4/h5-11H2,1-4H3. The van der Waals surface area contributed by atoms with E-state index in [1.165, 1.54) is 0 Å². The molecule has 0 unspecified atom stereocenters. The molecule has 0 aromatic rings. The van der Waals surface area contributed by atoms with Crippen molar-refractivity contribution < 1.29 is 13.3 Å². The Morgan fingerprint density at radius 3 is 1.33 bits per heavy atom. The summed E-state index contributed by atoms with van der Waals surface area (Å²) >= 11 is 12.8. The van der Waals surface area contributed by atoms with E-state index in [9.17, 15) is 0 Å². The summed E-state index contributed by atoms with van der Waals surface area (Å²) in [4.78, 5) is 0. The molecule has 0 aromatic carbocycles. The molecule has 0 saturated heterocycles. The van der Waals surface area contributed by atoms with Crippen molar-refractivity contribution in [2.75, 3.05) is 19.8 Å². The fraction of sp³-hybridized carbons (Fsp3) is 1.00. The highest BCUT2D eigenvalue weighted by atomic mass is 35.5. The average molecular weight is 317 g/mol. The van der Waals surface area contributed by atoms with Gasteiger partial charge in [0.2, 0.25) is 0 Å². The number of alkyl halides is 2. The van der Waals surface area contributed by atoms with Crippen molar-refractivity contribution in [3.05, 3.63) is 0 Å². The third-order valence-corrected chi connectivity index (χ3v) is 7.31. The smallest absolute Gasteiger partial charge is 0.372 e. The molecule has 0 fully saturated rings. The molecule has 110 valence electrons. The molecule has 0 N–H and O–H groups in total. The maximum Gasteiger partial charge on any atom is 0.538 e. The predicted molar refractivity (Wildman–Crippen MR) is 79.2 cm³/mol. The van der Waals surface area contributed by atoms with Gasteiger partial charge in [0.05, 0.1) is 0 Å². The molecule has 0 aromatic heterocycles. The van der Waals surface area contributed by atoms with Gasteiger partial charge in [-0.1, -0.05) is 50.9 Å². The molecule has 0 aliphatic heterocycles. The monoisotopic (exact) mass is 316 g/mol. The van der Waals surface area contributed by atoms with Crippen molar-refractivity contribution in [2.45, 2.75) is 57.3 Å². The van der Waals surface area contributed by atoms with Crippen LogP contribution in [0.3, 0.4) is 0 Å². The van der Waals surface area contributed by atoms with Gasteiger partial charge in [-0.2, -0.15) is 0 Å². The molecule has 6 heteroatoms. The summed E-state index contributed by atoms with van der Waals surface area (Å²) in [5.74, 6) is 0. The van der Waals surface area contributed by atoms with Crippen LogP contribution < -0.4 is 0 Å². The maximum atomic E-state index is 6.40. The van der Waals surface area contributed by atoms with Crippen LogP contribution in [0.1, 0.15) is 53.4 Å². The molecule has 0 spiro atoms. The molecule has 18 heavy (non-hydrogen) atoms. The summed E-state index contributed by atoms with van der Waals surface area (Å²) in [6.45, 7) is 9.70. The molecule has 0 radical (unpaired) electrons. The summed E-state index contributed by atoms with van der Waals surface area (Å²) < 4.78 is 16.5. The molecule has 0 atom stereocenters. The third-order valence-electron chi connectivity index (χ3n) is 2.38. The summed E-state index contributed by atoms with van der Waals surface area (Å²) in [6.07, 6.45) is 3.19. The van der Waals surface area contributed by atoms with Gasteiger partial charge in [0.1, 0.15) is 0 Å². The van der Waals surface area contributed by atoms with Gasteiger partial charge >= 0.3 is 8.80 Å². The lowest BCUT2D eigenvalue weighted by molar-refractivity contribution is 0.0529.